The zero-order chi connectivity index (χ0) is 13.3. The van der Waals surface area contributed by atoms with Crippen LogP contribution < -0.4 is 5.32 Å². The molecule has 19 heavy (non-hydrogen) atoms. The second kappa shape index (κ2) is 5.19. The van der Waals surface area contributed by atoms with Crippen LogP contribution in [0.3, 0.4) is 0 Å². The second-order valence-electron chi connectivity index (χ2n) is 4.98. The van der Waals surface area contributed by atoms with E-state index >= 15 is 0 Å². The molecular formula is C13H16N2O2S2. The van der Waals surface area contributed by atoms with Gasteiger partial charge in [0.15, 0.2) is 9.84 Å². The van der Waals surface area contributed by atoms with Gasteiger partial charge in [-0.25, -0.2) is 13.4 Å². The minimum absolute atomic E-state index is 0.263. The van der Waals surface area contributed by atoms with E-state index in [4.69, 9.17) is 0 Å². The first-order valence-corrected chi connectivity index (χ1v) is 9.02. The van der Waals surface area contributed by atoms with Gasteiger partial charge in [0.2, 0.25) is 0 Å². The van der Waals surface area contributed by atoms with Gasteiger partial charge in [-0.05, 0) is 31.0 Å². The molecule has 102 valence electrons. The van der Waals surface area contributed by atoms with Crippen LogP contribution >= 0.6 is 11.3 Å². The normalized spacial score (nSPS) is 22.0. The van der Waals surface area contributed by atoms with Gasteiger partial charge in [-0.1, -0.05) is 12.1 Å². The van der Waals surface area contributed by atoms with Gasteiger partial charge in [0, 0.05) is 6.54 Å². The maximum Gasteiger partial charge on any atom is 0.150 e. The molecule has 1 fully saturated rings. The number of rotatable bonds is 4. The molecule has 2 heterocycles. The summed E-state index contributed by atoms with van der Waals surface area (Å²) in [5, 5.41) is 4.38. The molecule has 1 aliphatic rings. The van der Waals surface area contributed by atoms with Gasteiger partial charge in [-0.2, -0.15) is 0 Å². The Morgan fingerprint density at radius 1 is 1.37 bits per heavy atom. The van der Waals surface area contributed by atoms with Gasteiger partial charge >= 0.3 is 0 Å². The third-order valence-corrected chi connectivity index (χ3v) is 6.25. The standard InChI is InChI=1S/C13H16N2O2S2/c16-19(17)6-5-10(9-19)7-14-8-13-15-11-3-1-2-4-12(11)18-13/h1-4,10,14H,5-9H2. The van der Waals surface area contributed by atoms with Crippen molar-refractivity contribution in [2.45, 2.75) is 13.0 Å². The molecule has 6 heteroatoms. The Hall–Kier alpha value is -0.980. The summed E-state index contributed by atoms with van der Waals surface area (Å²) in [6, 6.07) is 8.09. The molecule has 0 spiro atoms. The summed E-state index contributed by atoms with van der Waals surface area (Å²) in [4.78, 5) is 4.54. The predicted molar refractivity (Wildman–Crippen MR) is 78.1 cm³/mol. The largest absolute Gasteiger partial charge is 0.310 e. The van der Waals surface area contributed by atoms with Crippen molar-refractivity contribution >= 4 is 31.4 Å². The van der Waals surface area contributed by atoms with Gasteiger partial charge in [-0.3, -0.25) is 0 Å². The van der Waals surface area contributed by atoms with Crippen molar-refractivity contribution in [2.24, 2.45) is 5.92 Å². The number of benzene rings is 1. The number of para-hydroxylation sites is 1. The Bertz CT molecular complexity index is 646. The third kappa shape index (κ3) is 3.13. The molecule has 0 radical (unpaired) electrons. The topological polar surface area (TPSA) is 59.1 Å². The van der Waals surface area contributed by atoms with Crippen LogP contribution in [-0.4, -0.2) is 31.5 Å². The first-order chi connectivity index (χ1) is 9.12. The van der Waals surface area contributed by atoms with E-state index in [1.807, 2.05) is 18.2 Å². The van der Waals surface area contributed by atoms with Crippen LogP contribution in [0, 0.1) is 5.92 Å². The summed E-state index contributed by atoms with van der Waals surface area (Å²) in [6.45, 7) is 1.48. The SMILES string of the molecule is O=S1(=O)CCC(CNCc2nc3ccccc3s2)C1. The van der Waals surface area contributed by atoms with Crippen molar-refractivity contribution in [1.29, 1.82) is 0 Å². The zero-order valence-corrected chi connectivity index (χ0v) is 12.1. The highest BCUT2D eigenvalue weighted by molar-refractivity contribution is 7.91. The van der Waals surface area contributed by atoms with Gasteiger partial charge in [0.25, 0.3) is 0 Å². The summed E-state index contributed by atoms with van der Waals surface area (Å²) in [7, 11) is -2.76. The van der Waals surface area contributed by atoms with E-state index in [9.17, 15) is 8.42 Å². The summed E-state index contributed by atoms with van der Waals surface area (Å²) in [6.07, 6.45) is 0.787. The van der Waals surface area contributed by atoms with Crippen LogP contribution in [0.4, 0.5) is 0 Å². The Balaban J connectivity index is 1.55. The van der Waals surface area contributed by atoms with Gasteiger partial charge < -0.3 is 5.32 Å². The number of sulfone groups is 1. The van der Waals surface area contributed by atoms with Crippen molar-refractivity contribution in [1.82, 2.24) is 10.3 Å². The quantitative estimate of drug-likeness (QED) is 0.935. The van der Waals surface area contributed by atoms with E-state index in [1.165, 1.54) is 4.70 Å². The second-order valence-corrected chi connectivity index (χ2v) is 8.32. The molecule has 4 nitrogen and oxygen atoms in total. The van der Waals surface area contributed by atoms with Gasteiger partial charge in [0.05, 0.1) is 21.7 Å². The Kier molecular flexibility index (Phi) is 3.56. The molecule has 0 saturated carbocycles. The molecule has 1 atom stereocenters. The van der Waals surface area contributed by atoms with E-state index in [0.717, 1.165) is 30.0 Å². The molecule has 1 aromatic carbocycles. The van der Waals surface area contributed by atoms with Crippen LogP contribution in [-0.2, 0) is 16.4 Å². The minimum Gasteiger partial charge on any atom is -0.310 e. The minimum atomic E-state index is -2.76. The summed E-state index contributed by atoms with van der Waals surface area (Å²) in [5.41, 5.74) is 1.03. The van der Waals surface area contributed by atoms with Gasteiger partial charge in [-0.15, -0.1) is 11.3 Å². The molecule has 1 saturated heterocycles. The Morgan fingerprint density at radius 3 is 2.95 bits per heavy atom. The number of hydrogen-bond donors (Lipinski definition) is 1. The molecular weight excluding hydrogens is 280 g/mol. The van der Waals surface area contributed by atoms with E-state index in [2.05, 4.69) is 16.4 Å². The number of thiazole rings is 1. The zero-order valence-electron chi connectivity index (χ0n) is 10.5. The average molecular weight is 296 g/mol. The summed E-state index contributed by atoms with van der Waals surface area (Å²) < 4.78 is 23.9. The van der Waals surface area contributed by atoms with Crippen LogP contribution in [0.25, 0.3) is 10.2 Å². The maximum atomic E-state index is 11.4. The van der Waals surface area contributed by atoms with Gasteiger partial charge in [0.1, 0.15) is 5.01 Å². The first kappa shape index (κ1) is 13.0. The molecule has 2 aromatic rings. The molecule has 0 aliphatic carbocycles. The molecule has 1 aliphatic heterocycles. The highest BCUT2D eigenvalue weighted by Gasteiger charge is 2.27. The summed E-state index contributed by atoms with van der Waals surface area (Å²) >= 11 is 1.69. The fraction of sp³-hybridized carbons (Fsp3) is 0.462. The third-order valence-electron chi connectivity index (χ3n) is 3.37. The predicted octanol–water partition coefficient (Wildman–Crippen LogP) is 1.82. The number of hydrogen-bond acceptors (Lipinski definition) is 5. The lowest BCUT2D eigenvalue weighted by Gasteiger charge is -2.07. The molecule has 0 amide bonds. The monoisotopic (exact) mass is 296 g/mol. The summed E-state index contributed by atoms with van der Waals surface area (Å²) in [5.74, 6) is 0.944. The number of nitrogens with zero attached hydrogens (tertiary/aromatic N) is 1. The fourth-order valence-corrected chi connectivity index (χ4v) is 5.21. The van der Waals surface area contributed by atoms with Crippen molar-refractivity contribution in [2.75, 3.05) is 18.1 Å². The molecule has 0 bridgehead atoms. The van der Waals surface area contributed by atoms with Crippen LogP contribution in [0.5, 0.6) is 0 Å². The van der Waals surface area contributed by atoms with Crippen LogP contribution in [0.15, 0.2) is 24.3 Å². The van der Waals surface area contributed by atoms with E-state index in [0.29, 0.717) is 11.5 Å². The molecule has 1 aromatic heterocycles. The van der Waals surface area contributed by atoms with Crippen molar-refractivity contribution in [3.63, 3.8) is 0 Å². The lowest BCUT2D eigenvalue weighted by atomic mass is 10.1. The lowest BCUT2D eigenvalue weighted by Crippen LogP contribution is -2.23. The Morgan fingerprint density at radius 2 is 2.21 bits per heavy atom. The highest BCUT2D eigenvalue weighted by atomic mass is 32.2. The van der Waals surface area contributed by atoms with E-state index in [-0.39, 0.29) is 5.92 Å². The van der Waals surface area contributed by atoms with Crippen molar-refractivity contribution in [3.8, 4) is 0 Å². The average Bonchev–Trinajstić information content (AvgIpc) is 2.92. The van der Waals surface area contributed by atoms with Crippen molar-refractivity contribution in [3.05, 3.63) is 29.3 Å². The molecule has 3 rings (SSSR count). The number of aromatic nitrogens is 1. The molecule has 1 unspecified atom stereocenters. The maximum absolute atomic E-state index is 11.4. The lowest BCUT2D eigenvalue weighted by molar-refractivity contribution is 0.520. The smallest absolute Gasteiger partial charge is 0.150 e. The van der Waals surface area contributed by atoms with Crippen LogP contribution in [0.1, 0.15) is 11.4 Å². The van der Waals surface area contributed by atoms with E-state index < -0.39 is 9.84 Å². The molecule has 1 N–H and O–H groups in total. The first-order valence-electron chi connectivity index (χ1n) is 6.38. The van der Waals surface area contributed by atoms with E-state index in [1.54, 1.807) is 11.3 Å². The highest BCUT2D eigenvalue weighted by Crippen LogP contribution is 2.22. The number of fused-ring (bicyclic) bond motifs is 1. The number of nitrogens with one attached hydrogen (secondary N) is 1. The fourth-order valence-electron chi connectivity index (χ4n) is 2.41. The Labute approximate surface area is 116 Å². The van der Waals surface area contributed by atoms with Crippen molar-refractivity contribution < 1.29 is 8.42 Å². The van der Waals surface area contributed by atoms with Crippen LogP contribution in [0.2, 0.25) is 0 Å².